The zero-order chi connectivity index (χ0) is 14.8. The van der Waals surface area contributed by atoms with E-state index in [1.165, 1.54) is 0 Å². The third kappa shape index (κ3) is 2.78. The van der Waals surface area contributed by atoms with Crippen molar-refractivity contribution in [2.24, 2.45) is 0 Å². The number of hydrogen-bond acceptors (Lipinski definition) is 4. The smallest absolute Gasteiger partial charge is 0.337 e. The molecule has 0 aliphatic heterocycles. The molecule has 0 atom stereocenters. The molecule has 23 heavy (non-hydrogen) atoms. The summed E-state index contributed by atoms with van der Waals surface area (Å²) in [5, 5.41) is 11.0. The highest BCUT2D eigenvalue weighted by Gasteiger charge is 2.22. The summed E-state index contributed by atoms with van der Waals surface area (Å²) in [7, 11) is 0. The Hall–Kier alpha value is -2.80. The average molecular weight is 370 g/mol. The largest absolute Gasteiger partial charge is 1.00 e. The van der Waals surface area contributed by atoms with Crippen LogP contribution >= 0.6 is 0 Å². The summed E-state index contributed by atoms with van der Waals surface area (Å²) in [5.41, 5.74) is 2.70. The summed E-state index contributed by atoms with van der Waals surface area (Å²) in [5.74, 6) is 1.27. The Labute approximate surface area is 142 Å². The Kier molecular flexibility index (Phi) is 4.29. The van der Waals surface area contributed by atoms with Gasteiger partial charge in [0.2, 0.25) is 5.89 Å². The van der Waals surface area contributed by atoms with Crippen molar-refractivity contribution in [2.45, 2.75) is 0 Å². The highest BCUT2D eigenvalue weighted by molar-refractivity contribution is 5.63. The van der Waals surface area contributed by atoms with Crippen LogP contribution in [0.3, 0.4) is 0 Å². The van der Waals surface area contributed by atoms with Gasteiger partial charge in [-0.05, 0) is 24.3 Å². The summed E-state index contributed by atoms with van der Waals surface area (Å²) in [6.45, 7) is 0. The van der Waals surface area contributed by atoms with Gasteiger partial charge in [-0.3, -0.25) is 0 Å². The van der Waals surface area contributed by atoms with Gasteiger partial charge in [-0.1, -0.05) is 35.5 Å². The summed E-state index contributed by atoms with van der Waals surface area (Å²) in [4.78, 5) is 4.22. The van der Waals surface area contributed by atoms with E-state index in [9.17, 15) is 0 Å². The molecule has 6 nitrogen and oxygen atoms in total. The fraction of sp³-hybridized carbons (Fsp3) is 0. The second kappa shape index (κ2) is 6.53. The van der Waals surface area contributed by atoms with Crippen LogP contribution in [0.25, 0.3) is 28.5 Å². The number of aromatic amines is 1. The topological polar surface area (TPSA) is 71.5 Å². The lowest BCUT2D eigenvalue weighted by Crippen LogP contribution is -3.00. The van der Waals surface area contributed by atoms with E-state index in [4.69, 9.17) is 4.42 Å². The summed E-state index contributed by atoms with van der Waals surface area (Å²) >= 11 is 0. The van der Waals surface area contributed by atoms with E-state index in [1.807, 2.05) is 59.3 Å². The number of H-pyrrole nitrogens is 1. The first-order valence-corrected chi connectivity index (χ1v) is 6.81. The first-order valence-electron chi connectivity index (χ1n) is 6.81. The van der Waals surface area contributed by atoms with Crippen molar-refractivity contribution >= 4 is 0 Å². The van der Waals surface area contributed by atoms with Crippen LogP contribution in [0.1, 0.15) is 0 Å². The van der Waals surface area contributed by atoms with Crippen molar-refractivity contribution in [3.05, 3.63) is 67.1 Å². The average Bonchev–Trinajstić information content (AvgIpc) is 3.27. The molecule has 2 heterocycles. The van der Waals surface area contributed by atoms with Gasteiger partial charge < -0.3 is 21.4 Å². The molecule has 0 bridgehead atoms. The molecule has 114 valence electrons. The van der Waals surface area contributed by atoms with Crippen LogP contribution < -0.4 is 21.7 Å². The number of rotatable bonds is 3. The Balaban J connectivity index is 0.00000156. The van der Waals surface area contributed by atoms with Crippen LogP contribution in [0.15, 0.2) is 71.5 Å². The number of para-hydroxylation sites is 1. The molecule has 2 aromatic heterocycles. The Morgan fingerprint density at radius 1 is 0.957 bits per heavy atom. The molecule has 0 aliphatic carbocycles. The van der Waals surface area contributed by atoms with Gasteiger partial charge in [-0.15, -0.1) is 4.68 Å². The van der Waals surface area contributed by atoms with Crippen LogP contribution in [-0.2, 0) is 0 Å². The molecule has 0 saturated carbocycles. The molecule has 0 amide bonds. The SMILES string of the molecule is [Br-].c1ccc(-c2nn[nH][n+]2-c2ccccc2-c2ncco2)cc1. The number of oxazole rings is 1. The van der Waals surface area contributed by atoms with Gasteiger partial charge >= 0.3 is 5.82 Å². The molecule has 0 saturated heterocycles. The molecule has 7 heteroatoms. The number of hydrogen-bond donors (Lipinski definition) is 1. The number of nitrogens with zero attached hydrogens (tertiary/aromatic N) is 4. The van der Waals surface area contributed by atoms with E-state index in [-0.39, 0.29) is 17.0 Å². The molecule has 4 rings (SSSR count). The zero-order valence-electron chi connectivity index (χ0n) is 11.9. The van der Waals surface area contributed by atoms with Gasteiger partial charge in [0.15, 0.2) is 5.21 Å². The highest BCUT2D eigenvalue weighted by atomic mass is 79.9. The Morgan fingerprint density at radius 3 is 2.52 bits per heavy atom. The van der Waals surface area contributed by atoms with Crippen LogP contribution in [0.2, 0.25) is 0 Å². The lowest BCUT2D eigenvalue weighted by atomic mass is 10.1. The summed E-state index contributed by atoms with van der Waals surface area (Å²) in [6, 6.07) is 17.7. The molecule has 0 aliphatic rings. The maximum absolute atomic E-state index is 5.42. The van der Waals surface area contributed by atoms with Crippen molar-refractivity contribution in [1.82, 2.24) is 20.5 Å². The maximum Gasteiger partial charge on any atom is 0.337 e. The van der Waals surface area contributed by atoms with Crippen LogP contribution in [0.5, 0.6) is 0 Å². The van der Waals surface area contributed by atoms with Gasteiger partial charge in [0.25, 0.3) is 0 Å². The Morgan fingerprint density at radius 2 is 1.74 bits per heavy atom. The molecule has 4 aromatic rings. The maximum atomic E-state index is 5.42. The normalized spacial score (nSPS) is 10.3. The van der Waals surface area contributed by atoms with Gasteiger partial charge in [0.1, 0.15) is 17.0 Å². The standard InChI is InChI=1S/C16H11N5O.BrH/c1-2-6-12(7-3-1)15-18-19-20-21(15)14-9-5-4-8-13(14)16-17-10-11-22-16;/h1-11H;1H. The van der Waals surface area contributed by atoms with E-state index in [0.717, 1.165) is 22.6 Å². The van der Waals surface area contributed by atoms with Crippen molar-refractivity contribution in [2.75, 3.05) is 0 Å². The lowest BCUT2D eigenvalue weighted by molar-refractivity contribution is -0.649. The first-order chi connectivity index (χ1) is 10.9. The monoisotopic (exact) mass is 369 g/mol. The van der Waals surface area contributed by atoms with E-state index >= 15 is 0 Å². The second-order valence-corrected chi connectivity index (χ2v) is 4.68. The lowest BCUT2D eigenvalue weighted by Gasteiger charge is -2.04. The van der Waals surface area contributed by atoms with Crippen molar-refractivity contribution < 1.29 is 26.1 Å². The molecule has 0 unspecified atom stereocenters. The van der Waals surface area contributed by atoms with Crippen molar-refractivity contribution in [1.29, 1.82) is 0 Å². The minimum Gasteiger partial charge on any atom is -1.00 e. The highest BCUT2D eigenvalue weighted by Crippen LogP contribution is 2.23. The minimum atomic E-state index is 0. The molecule has 0 fully saturated rings. The van der Waals surface area contributed by atoms with Crippen LogP contribution in [0, 0.1) is 0 Å². The predicted octanol–water partition coefficient (Wildman–Crippen LogP) is -0.593. The molecule has 2 aromatic carbocycles. The van der Waals surface area contributed by atoms with Gasteiger partial charge in [-0.25, -0.2) is 4.98 Å². The third-order valence-corrected chi connectivity index (χ3v) is 3.34. The van der Waals surface area contributed by atoms with E-state index in [0.29, 0.717) is 5.89 Å². The predicted molar refractivity (Wildman–Crippen MR) is 78.8 cm³/mol. The minimum absolute atomic E-state index is 0. The molecule has 0 radical (unpaired) electrons. The fourth-order valence-electron chi connectivity index (χ4n) is 2.35. The third-order valence-electron chi connectivity index (χ3n) is 3.34. The molecule has 1 N–H and O–H groups in total. The number of tetrazole rings is 1. The van der Waals surface area contributed by atoms with Crippen molar-refractivity contribution in [3.63, 3.8) is 0 Å². The summed E-state index contributed by atoms with van der Waals surface area (Å²) in [6.07, 6.45) is 3.18. The molecule has 0 spiro atoms. The van der Waals surface area contributed by atoms with Crippen LogP contribution in [-0.4, -0.2) is 20.5 Å². The zero-order valence-corrected chi connectivity index (χ0v) is 13.5. The first kappa shape index (κ1) is 15.1. The molecular formula is C16H12BrN5O. The Bertz CT molecular complexity index is 890. The van der Waals surface area contributed by atoms with Gasteiger partial charge in [-0.2, -0.15) is 0 Å². The molecular weight excluding hydrogens is 358 g/mol. The van der Waals surface area contributed by atoms with E-state index in [2.05, 4.69) is 20.5 Å². The number of nitrogens with one attached hydrogen (secondary N) is 1. The summed E-state index contributed by atoms with van der Waals surface area (Å²) < 4.78 is 7.24. The van der Waals surface area contributed by atoms with Crippen molar-refractivity contribution in [3.8, 4) is 28.5 Å². The van der Waals surface area contributed by atoms with E-state index < -0.39 is 0 Å². The van der Waals surface area contributed by atoms with Gasteiger partial charge in [0.05, 0.1) is 17.3 Å². The van der Waals surface area contributed by atoms with Crippen LogP contribution in [0.4, 0.5) is 0 Å². The fourth-order valence-corrected chi connectivity index (χ4v) is 2.35. The number of halogens is 1. The van der Waals surface area contributed by atoms with E-state index in [1.54, 1.807) is 12.5 Å². The second-order valence-electron chi connectivity index (χ2n) is 4.68. The van der Waals surface area contributed by atoms with Gasteiger partial charge in [0, 0.05) is 0 Å². The number of benzene rings is 2. The number of aromatic nitrogens is 5. The quantitative estimate of drug-likeness (QED) is 0.490.